The van der Waals surface area contributed by atoms with E-state index in [1.807, 2.05) is 0 Å². The van der Waals surface area contributed by atoms with Crippen LogP contribution in [0.2, 0.25) is 0 Å². The lowest BCUT2D eigenvalue weighted by Crippen LogP contribution is -2.09. The molecule has 1 rings (SSSR count). The summed E-state index contributed by atoms with van der Waals surface area (Å²) >= 11 is 3.06. The van der Waals surface area contributed by atoms with Crippen molar-refractivity contribution in [3.05, 3.63) is 28.6 Å². The molecule has 0 fully saturated rings. The zero-order valence-corrected chi connectivity index (χ0v) is 10.0. The van der Waals surface area contributed by atoms with E-state index in [0.29, 0.717) is 5.56 Å². The van der Waals surface area contributed by atoms with Crippen LogP contribution in [-0.4, -0.2) is 16.1 Å². The fraction of sp³-hybridized carbons (Fsp3) is 0.300. The molecule has 0 aliphatic rings. The second kappa shape index (κ2) is 5.68. The number of halogens is 3. The molecule has 0 aliphatic heterocycles. The van der Waals surface area contributed by atoms with Crippen LogP contribution in [0.15, 0.2) is 6.07 Å². The molecule has 1 N–H and O–H groups in total. The second-order valence-corrected chi connectivity index (χ2v) is 3.71. The quantitative estimate of drug-likeness (QED) is 0.867. The van der Waals surface area contributed by atoms with Crippen molar-refractivity contribution in [3.63, 3.8) is 0 Å². The molecule has 17 heavy (non-hydrogen) atoms. The van der Waals surface area contributed by atoms with Gasteiger partial charge in [0.25, 0.3) is 6.43 Å². The highest BCUT2D eigenvalue weighted by Gasteiger charge is 2.19. The van der Waals surface area contributed by atoms with E-state index < -0.39 is 24.4 Å². The summed E-state index contributed by atoms with van der Waals surface area (Å²) in [6.07, 6.45) is -3.45. The summed E-state index contributed by atoms with van der Waals surface area (Å²) in [5, 5.41) is 17.6. The predicted octanol–water partition coefficient (Wildman–Crippen LogP) is 2.41. The first-order valence-electron chi connectivity index (χ1n) is 4.48. The fourth-order valence-corrected chi connectivity index (χ4v) is 1.71. The standard InChI is InChI=1S/C10H7BrF2N2O2/c11-3-5-1-6(10(12)13)7(2-9(16)17)15-8(5)4-14/h1,10H,2-3H2,(H,16,17). The Balaban J connectivity index is 3.36. The van der Waals surface area contributed by atoms with Gasteiger partial charge in [0.05, 0.1) is 12.1 Å². The molecule has 0 aromatic carbocycles. The SMILES string of the molecule is N#Cc1nc(CC(=O)O)c(C(F)F)cc1CBr. The highest BCUT2D eigenvalue weighted by atomic mass is 79.9. The normalized spacial score (nSPS) is 10.3. The molecule has 0 aliphatic carbocycles. The molecule has 0 atom stereocenters. The number of carbonyl (C=O) groups is 1. The van der Waals surface area contributed by atoms with Crippen LogP contribution < -0.4 is 0 Å². The van der Waals surface area contributed by atoms with Crippen LogP contribution in [0.5, 0.6) is 0 Å². The Labute approximate surface area is 104 Å². The Morgan fingerprint density at radius 1 is 1.65 bits per heavy atom. The summed E-state index contributed by atoms with van der Waals surface area (Å²) in [7, 11) is 0. The van der Waals surface area contributed by atoms with Gasteiger partial charge in [-0.05, 0) is 11.6 Å². The average Bonchev–Trinajstić information content (AvgIpc) is 2.27. The highest BCUT2D eigenvalue weighted by molar-refractivity contribution is 9.08. The molecular formula is C10H7BrF2N2O2. The molecule has 0 spiro atoms. The monoisotopic (exact) mass is 304 g/mol. The van der Waals surface area contributed by atoms with Crippen LogP contribution in [0, 0.1) is 11.3 Å². The van der Waals surface area contributed by atoms with E-state index in [4.69, 9.17) is 10.4 Å². The summed E-state index contributed by atoms with van der Waals surface area (Å²) in [6, 6.07) is 2.86. The number of nitriles is 1. The van der Waals surface area contributed by atoms with Crippen LogP contribution >= 0.6 is 15.9 Å². The summed E-state index contributed by atoms with van der Waals surface area (Å²) in [5.41, 5.74) is -0.436. The number of aromatic nitrogens is 1. The number of alkyl halides is 3. The van der Waals surface area contributed by atoms with Crippen LogP contribution in [0.25, 0.3) is 0 Å². The topological polar surface area (TPSA) is 74.0 Å². The molecule has 0 radical (unpaired) electrons. The van der Waals surface area contributed by atoms with Gasteiger partial charge in [-0.1, -0.05) is 15.9 Å². The molecule has 1 aromatic rings. The van der Waals surface area contributed by atoms with Crippen LogP contribution in [0.3, 0.4) is 0 Å². The zero-order chi connectivity index (χ0) is 13.0. The Morgan fingerprint density at radius 2 is 2.29 bits per heavy atom. The number of nitrogens with zero attached hydrogens (tertiary/aromatic N) is 2. The lowest BCUT2D eigenvalue weighted by molar-refractivity contribution is -0.136. The van der Waals surface area contributed by atoms with Gasteiger partial charge in [-0.3, -0.25) is 4.79 Å². The molecule has 1 heterocycles. The molecule has 0 unspecified atom stereocenters. The van der Waals surface area contributed by atoms with Gasteiger partial charge in [-0.25, -0.2) is 13.8 Å². The Hall–Kier alpha value is -1.55. The summed E-state index contributed by atoms with van der Waals surface area (Å²) in [5.74, 6) is -1.27. The number of pyridine rings is 1. The molecule has 0 saturated carbocycles. The summed E-state index contributed by atoms with van der Waals surface area (Å²) in [6.45, 7) is 0. The first-order chi connectivity index (χ1) is 7.99. The predicted molar refractivity (Wildman–Crippen MR) is 57.9 cm³/mol. The largest absolute Gasteiger partial charge is 0.481 e. The van der Waals surface area contributed by atoms with E-state index in [1.165, 1.54) is 0 Å². The summed E-state index contributed by atoms with van der Waals surface area (Å²) in [4.78, 5) is 14.2. The van der Waals surface area contributed by atoms with Gasteiger partial charge in [0, 0.05) is 10.9 Å². The van der Waals surface area contributed by atoms with Crippen molar-refractivity contribution in [2.75, 3.05) is 0 Å². The van der Waals surface area contributed by atoms with Gasteiger partial charge in [0.15, 0.2) is 0 Å². The van der Waals surface area contributed by atoms with E-state index in [9.17, 15) is 13.6 Å². The molecule has 0 bridgehead atoms. The van der Waals surface area contributed by atoms with Crippen LogP contribution in [-0.2, 0) is 16.5 Å². The molecule has 7 heteroatoms. The van der Waals surface area contributed by atoms with Crippen molar-refractivity contribution in [2.45, 2.75) is 18.2 Å². The van der Waals surface area contributed by atoms with E-state index in [1.54, 1.807) is 6.07 Å². The maximum atomic E-state index is 12.7. The lowest BCUT2D eigenvalue weighted by atomic mass is 10.1. The molecule has 4 nitrogen and oxygen atoms in total. The Kier molecular flexibility index (Phi) is 4.52. The minimum Gasteiger partial charge on any atom is -0.481 e. The van der Waals surface area contributed by atoms with Gasteiger partial charge >= 0.3 is 5.97 Å². The van der Waals surface area contributed by atoms with Crippen molar-refractivity contribution in [3.8, 4) is 6.07 Å². The van der Waals surface area contributed by atoms with Crippen molar-refractivity contribution in [1.82, 2.24) is 4.98 Å². The van der Waals surface area contributed by atoms with Gasteiger partial charge in [0.1, 0.15) is 11.8 Å². The van der Waals surface area contributed by atoms with Crippen molar-refractivity contribution in [1.29, 1.82) is 5.26 Å². The van der Waals surface area contributed by atoms with Gasteiger partial charge in [-0.15, -0.1) is 0 Å². The second-order valence-electron chi connectivity index (χ2n) is 3.15. The molecule has 1 aromatic heterocycles. The number of carboxylic acid groups (broad SMARTS) is 1. The number of aliphatic carboxylic acids is 1. The maximum absolute atomic E-state index is 12.7. The van der Waals surface area contributed by atoms with E-state index >= 15 is 0 Å². The van der Waals surface area contributed by atoms with Crippen molar-refractivity contribution in [2.24, 2.45) is 0 Å². The number of rotatable bonds is 4. The first-order valence-corrected chi connectivity index (χ1v) is 5.60. The molecular weight excluding hydrogens is 298 g/mol. The van der Waals surface area contributed by atoms with Crippen molar-refractivity contribution >= 4 is 21.9 Å². The number of hydrogen-bond acceptors (Lipinski definition) is 3. The number of carboxylic acids is 1. The number of hydrogen-bond donors (Lipinski definition) is 1. The van der Waals surface area contributed by atoms with E-state index in [0.717, 1.165) is 6.07 Å². The highest BCUT2D eigenvalue weighted by Crippen LogP contribution is 2.25. The van der Waals surface area contributed by atoms with Gasteiger partial charge < -0.3 is 5.11 Å². The third kappa shape index (κ3) is 3.20. The molecule has 0 saturated heterocycles. The minimum absolute atomic E-state index is 0.0393. The molecule has 90 valence electrons. The van der Waals surface area contributed by atoms with Crippen LogP contribution in [0.1, 0.15) is 28.9 Å². The van der Waals surface area contributed by atoms with Crippen LogP contribution in [0.4, 0.5) is 8.78 Å². The van der Waals surface area contributed by atoms with E-state index in [-0.39, 0.29) is 16.7 Å². The smallest absolute Gasteiger partial charge is 0.309 e. The van der Waals surface area contributed by atoms with Gasteiger partial charge in [0.2, 0.25) is 0 Å². The summed E-state index contributed by atoms with van der Waals surface area (Å²) < 4.78 is 25.4. The Morgan fingerprint density at radius 3 is 2.71 bits per heavy atom. The zero-order valence-electron chi connectivity index (χ0n) is 8.45. The van der Waals surface area contributed by atoms with Crippen molar-refractivity contribution < 1.29 is 18.7 Å². The van der Waals surface area contributed by atoms with E-state index in [2.05, 4.69) is 20.9 Å². The maximum Gasteiger partial charge on any atom is 0.309 e. The third-order valence-electron chi connectivity index (χ3n) is 2.02. The molecule has 0 amide bonds. The van der Waals surface area contributed by atoms with Gasteiger partial charge in [-0.2, -0.15) is 5.26 Å². The fourth-order valence-electron chi connectivity index (χ4n) is 1.28. The first kappa shape index (κ1) is 13.5. The Bertz CT molecular complexity index is 486. The minimum atomic E-state index is -2.82. The lowest BCUT2D eigenvalue weighted by Gasteiger charge is -2.09. The third-order valence-corrected chi connectivity index (χ3v) is 2.62. The average molecular weight is 305 g/mol.